The Bertz CT molecular complexity index is 332. The highest BCUT2D eigenvalue weighted by atomic mass is 16.4. The molecular formula is C9H8O4. The zero-order chi connectivity index (χ0) is 9.84. The van der Waals surface area contributed by atoms with Crippen LogP contribution in [0.1, 0.15) is 22.0 Å². The quantitative estimate of drug-likeness (QED) is 0.668. The van der Waals surface area contributed by atoms with Gasteiger partial charge >= 0.3 is 5.97 Å². The van der Waals surface area contributed by atoms with Crippen LogP contribution in [0.15, 0.2) is 24.3 Å². The zero-order valence-electron chi connectivity index (χ0n) is 6.68. The average molecular weight is 180 g/mol. The number of aliphatic hydroxyl groups is 1. The van der Waals surface area contributed by atoms with E-state index in [1.54, 1.807) is 12.1 Å². The molecule has 13 heavy (non-hydrogen) atoms. The Kier molecular flexibility index (Phi) is 2.76. The van der Waals surface area contributed by atoms with Gasteiger partial charge in [0.1, 0.15) is 6.29 Å². The Hall–Kier alpha value is -1.68. The van der Waals surface area contributed by atoms with Gasteiger partial charge in [0.25, 0.3) is 0 Å². The molecule has 0 saturated heterocycles. The van der Waals surface area contributed by atoms with E-state index in [2.05, 4.69) is 0 Å². The lowest BCUT2D eigenvalue weighted by atomic mass is 10.0. The highest BCUT2D eigenvalue weighted by Crippen LogP contribution is 2.16. The topological polar surface area (TPSA) is 74.6 Å². The number of aliphatic carboxylic acids is 1. The van der Waals surface area contributed by atoms with Crippen molar-refractivity contribution in [3.8, 4) is 0 Å². The van der Waals surface area contributed by atoms with Gasteiger partial charge in [0.05, 0.1) is 0 Å². The molecule has 1 atom stereocenters. The van der Waals surface area contributed by atoms with Crippen LogP contribution in [0.25, 0.3) is 0 Å². The number of carbonyl (C=O) groups excluding carboxylic acids is 1. The van der Waals surface area contributed by atoms with E-state index in [1.165, 1.54) is 12.1 Å². The van der Waals surface area contributed by atoms with Gasteiger partial charge in [-0.2, -0.15) is 0 Å². The summed E-state index contributed by atoms with van der Waals surface area (Å²) in [5, 5.41) is 17.6. The lowest BCUT2D eigenvalue weighted by molar-refractivity contribution is -0.146. The van der Waals surface area contributed by atoms with Crippen LogP contribution in [-0.4, -0.2) is 22.5 Å². The molecular weight excluding hydrogens is 172 g/mol. The summed E-state index contributed by atoms with van der Waals surface area (Å²) in [5.74, 6) is -1.37. The Morgan fingerprint density at radius 1 is 1.38 bits per heavy atom. The first-order chi connectivity index (χ1) is 6.16. The van der Waals surface area contributed by atoms with Gasteiger partial charge in [0.15, 0.2) is 6.10 Å². The molecule has 0 aliphatic rings. The smallest absolute Gasteiger partial charge is 0.337 e. The van der Waals surface area contributed by atoms with Crippen molar-refractivity contribution in [2.45, 2.75) is 6.10 Å². The number of carboxylic acids is 1. The summed E-state index contributed by atoms with van der Waals surface area (Å²) in [6.07, 6.45) is -1.12. The van der Waals surface area contributed by atoms with E-state index < -0.39 is 12.1 Å². The van der Waals surface area contributed by atoms with Crippen LogP contribution >= 0.6 is 0 Å². The third-order valence-electron chi connectivity index (χ3n) is 1.65. The van der Waals surface area contributed by atoms with E-state index in [1.807, 2.05) is 0 Å². The van der Waals surface area contributed by atoms with Gasteiger partial charge in [-0.15, -0.1) is 0 Å². The Balaban J connectivity index is 3.12. The Morgan fingerprint density at radius 2 is 2.00 bits per heavy atom. The molecule has 0 radical (unpaired) electrons. The molecule has 1 aromatic rings. The van der Waals surface area contributed by atoms with Gasteiger partial charge in [-0.05, 0) is 0 Å². The van der Waals surface area contributed by atoms with Crippen LogP contribution in [0, 0.1) is 0 Å². The Labute approximate surface area is 74.4 Å². The number of rotatable bonds is 3. The van der Waals surface area contributed by atoms with Crippen LogP contribution in [0.4, 0.5) is 0 Å². The van der Waals surface area contributed by atoms with Gasteiger partial charge in [-0.1, -0.05) is 24.3 Å². The number of benzene rings is 1. The lowest BCUT2D eigenvalue weighted by Gasteiger charge is -2.07. The largest absolute Gasteiger partial charge is 0.479 e. The summed E-state index contributed by atoms with van der Waals surface area (Å²) in [7, 11) is 0. The second kappa shape index (κ2) is 3.82. The Morgan fingerprint density at radius 3 is 2.54 bits per heavy atom. The van der Waals surface area contributed by atoms with Crippen molar-refractivity contribution in [1.82, 2.24) is 0 Å². The fraction of sp³-hybridized carbons (Fsp3) is 0.111. The number of hydrogen-bond donors (Lipinski definition) is 2. The lowest BCUT2D eigenvalue weighted by Crippen LogP contribution is -2.12. The first-order valence-corrected chi connectivity index (χ1v) is 3.62. The number of aldehydes is 1. The molecule has 0 heterocycles. The molecule has 4 heteroatoms. The summed E-state index contributed by atoms with van der Waals surface area (Å²) in [5.41, 5.74) is 0.308. The molecule has 0 amide bonds. The molecule has 68 valence electrons. The number of hydrogen-bond acceptors (Lipinski definition) is 3. The summed E-state index contributed by atoms with van der Waals surface area (Å²) < 4.78 is 0. The minimum Gasteiger partial charge on any atom is -0.479 e. The maximum atomic E-state index is 10.5. The molecule has 0 fully saturated rings. The second-order valence-electron chi connectivity index (χ2n) is 2.49. The molecule has 0 saturated carbocycles. The summed E-state index contributed by atoms with van der Waals surface area (Å²) in [6.45, 7) is 0. The molecule has 0 aromatic heterocycles. The predicted octanol–water partition coefficient (Wildman–Crippen LogP) is 0.617. The molecule has 0 unspecified atom stereocenters. The molecule has 0 aliphatic heterocycles. The number of carboxylic acid groups (broad SMARTS) is 1. The van der Waals surface area contributed by atoms with Crippen LogP contribution in [0.3, 0.4) is 0 Å². The van der Waals surface area contributed by atoms with Crippen molar-refractivity contribution >= 4 is 12.3 Å². The molecule has 1 aromatic carbocycles. The first kappa shape index (κ1) is 9.41. The van der Waals surface area contributed by atoms with Crippen LogP contribution in [0.2, 0.25) is 0 Å². The fourth-order valence-electron chi connectivity index (χ4n) is 1.00. The monoisotopic (exact) mass is 180 g/mol. The maximum absolute atomic E-state index is 10.5. The summed E-state index contributed by atoms with van der Waals surface area (Å²) in [6, 6.07) is 6.02. The third-order valence-corrected chi connectivity index (χ3v) is 1.65. The fourth-order valence-corrected chi connectivity index (χ4v) is 1.00. The van der Waals surface area contributed by atoms with E-state index in [0.29, 0.717) is 6.29 Å². The highest BCUT2D eigenvalue weighted by Gasteiger charge is 2.18. The standard InChI is InChI=1S/C9H8O4/c10-5-6-3-1-2-4-7(6)8(11)9(12)13/h1-5,8,11H,(H,12,13)/t8-/m1/s1. The SMILES string of the molecule is O=Cc1ccccc1[C@@H](O)C(=O)O. The zero-order valence-corrected chi connectivity index (χ0v) is 6.68. The van der Waals surface area contributed by atoms with Gasteiger partial charge in [-0.3, -0.25) is 4.79 Å². The predicted molar refractivity (Wildman–Crippen MR) is 44.4 cm³/mol. The molecule has 0 bridgehead atoms. The van der Waals surface area contributed by atoms with E-state index in [-0.39, 0.29) is 11.1 Å². The van der Waals surface area contributed by atoms with E-state index >= 15 is 0 Å². The van der Waals surface area contributed by atoms with Crippen LogP contribution < -0.4 is 0 Å². The molecule has 2 N–H and O–H groups in total. The average Bonchev–Trinajstić information content (AvgIpc) is 2.16. The van der Waals surface area contributed by atoms with Crippen molar-refractivity contribution in [3.63, 3.8) is 0 Å². The van der Waals surface area contributed by atoms with Crippen LogP contribution in [-0.2, 0) is 4.79 Å². The van der Waals surface area contributed by atoms with Crippen LogP contribution in [0.5, 0.6) is 0 Å². The number of aliphatic hydroxyl groups excluding tert-OH is 1. The van der Waals surface area contributed by atoms with Crippen molar-refractivity contribution in [3.05, 3.63) is 35.4 Å². The minimum atomic E-state index is -1.64. The second-order valence-corrected chi connectivity index (χ2v) is 2.49. The first-order valence-electron chi connectivity index (χ1n) is 3.62. The summed E-state index contributed by atoms with van der Waals surface area (Å²) in [4.78, 5) is 20.9. The molecule has 1 rings (SSSR count). The summed E-state index contributed by atoms with van der Waals surface area (Å²) >= 11 is 0. The highest BCUT2D eigenvalue weighted by molar-refractivity contribution is 5.82. The molecule has 0 spiro atoms. The van der Waals surface area contributed by atoms with E-state index in [0.717, 1.165) is 0 Å². The number of carbonyl (C=O) groups is 2. The van der Waals surface area contributed by atoms with E-state index in [9.17, 15) is 9.59 Å². The van der Waals surface area contributed by atoms with Gasteiger partial charge in [-0.25, -0.2) is 4.79 Å². The van der Waals surface area contributed by atoms with E-state index in [4.69, 9.17) is 10.2 Å². The van der Waals surface area contributed by atoms with Crippen molar-refractivity contribution in [1.29, 1.82) is 0 Å². The maximum Gasteiger partial charge on any atom is 0.337 e. The molecule has 4 nitrogen and oxygen atoms in total. The van der Waals surface area contributed by atoms with Gasteiger partial charge in [0.2, 0.25) is 0 Å². The molecule has 0 aliphatic carbocycles. The minimum absolute atomic E-state index is 0.116. The van der Waals surface area contributed by atoms with Crippen molar-refractivity contribution in [2.75, 3.05) is 0 Å². The normalized spacial score (nSPS) is 12.1. The third kappa shape index (κ3) is 1.91. The van der Waals surface area contributed by atoms with Gasteiger partial charge in [0, 0.05) is 11.1 Å². The van der Waals surface area contributed by atoms with Gasteiger partial charge < -0.3 is 10.2 Å². The van der Waals surface area contributed by atoms with Crippen molar-refractivity contribution < 1.29 is 19.8 Å². The van der Waals surface area contributed by atoms with Crippen molar-refractivity contribution in [2.24, 2.45) is 0 Å².